The molecule has 3 heterocycles. The maximum atomic E-state index is 13.1. The van der Waals surface area contributed by atoms with Gasteiger partial charge >= 0.3 is 18.1 Å². The molecule has 0 aliphatic carbocycles. The first-order chi connectivity index (χ1) is 19.4. The third-order valence-corrected chi connectivity index (χ3v) is 7.76. The Kier molecular flexibility index (Phi) is 10.6. The SMILES string of the molecule is CCCCC(COC(=O)N(Cc1ccsc1)Cc1ccsc1)NC(=O)NC(CC(=O)O)c1ccc2c(c1)OCO2. The number of fused-ring (bicyclic) bond motifs is 1. The summed E-state index contributed by atoms with van der Waals surface area (Å²) in [4.78, 5) is 39.3. The molecule has 214 valence electrons. The van der Waals surface area contributed by atoms with Gasteiger partial charge in [0.15, 0.2) is 11.5 Å². The predicted molar refractivity (Wildman–Crippen MR) is 152 cm³/mol. The van der Waals surface area contributed by atoms with Gasteiger partial charge in [-0.2, -0.15) is 22.7 Å². The van der Waals surface area contributed by atoms with Crippen LogP contribution in [0.5, 0.6) is 11.5 Å². The van der Waals surface area contributed by atoms with Crippen molar-refractivity contribution in [1.82, 2.24) is 15.5 Å². The number of carbonyl (C=O) groups is 3. The fraction of sp³-hybridized carbons (Fsp3) is 0.393. The van der Waals surface area contributed by atoms with E-state index in [1.165, 1.54) is 0 Å². The number of thiophene rings is 2. The van der Waals surface area contributed by atoms with Crippen molar-refractivity contribution >= 4 is 40.8 Å². The van der Waals surface area contributed by atoms with Crippen molar-refractivity contribution in [1.29, 1.82) is 0 Å². The van der Waals surface area contributed by atoms with E-state index in [0.717, 1.165) is 24.0 Å². The van der Waals surface area contributed by atoms with Crippen molar-refractivity contribution in [3.8, 4) is 11.5 Å². The fourth-order valence-corrected chi connectivity index (χ4v) is 5.56. The molecule has 10 nitrogen and oxygen atoms in total. The van der Waals surface area contributed by atoms with Crippen LogP contribution in [-0.2, 0) is 22.6 Å². The number of nitrogens with one attached hydrogen (secondary N) is 2. The molecule has 1 aliphatic heterocycles. The van der Waals surface area contributed by atoms with Gasteiger partial charge in [0.2, 0.25) is 6.79 Å². The zero-order valence-corrected chi connectivity index (χ0v) is 23.8. The molecule has 2 atom stereocenters. The maximum Gasteiger partial charge on any atom is 0.410 e. The van der Waals surface area contributed by atoms with Crippen molar-refractivity contribution in [2.24, 2.45) is 0 Å². The van der Waals surface area contributed by atoms with Crippen LogP contribution in [-0.4, -0.2) is 47.5 Å². The van der Waals surface area contributed by atoms with Gasteiger partial charge < -0.3 is 30.0 Å². The van der Waals surface area contributed by atoms with Gasteiger partial charge in [0.25, 0.3) is 0 Å². The predicted octanol–water partition coefficient (Wildman–Crippen LogP) is 5.75. The molecule has 0 bridgehead atoms. The number of urea groups is 1. The van der Waals surface area contributed by atoms with E-state index >= 15 is 0 Å². The molecule has 0 fully saturated rings. The Bertz CT molecular complexity index is 1210. The molecule has 1 aromatic carbocycles. The van der Waals surface area contributed by atoms with Crippen LogP contribution in [0.4, 0.5) is 9.59 Å². The van der Waals surface area contributed by atoms with Crippen molar-refractivity contribution in [3.63, 3.8) is 0 Å². The van der Waals surface area contributed by atoms with Crippen LogP contribution in [0, 0.1) is 0 Å². The first kappa shape index (κ1) is 29.2. The summed E-state index contributed by atoms with van der Waals surface area (Å²) >= 11 is 3.13. The number of carbonyl (C=O) groups excluding carboxylic acids is 2. The lowest BCUT2D eigenvalue weighted by Crippen LogP contribution is -2.46. The highest BCUT2D eigenvalue weighted by atomic mass is 32.1. The average Bonchev–Trinajstić information content (AvgIpc) is 3.72. The highest BCUT2D eigenvalue weighted by Crippen LogP contribution is 2.34. The molecule has 1 aliphatic rings. The minimum absolute atomic E-state index is 0.0103. The van der Waals surface area contributed by atoms with Gasteiger partial charge in [-0.1, -0.05) is 25.8 Å². The molecular formula is C28H33N3O7S2. The van der Waals surface area contributed by atoms with E-state index in [1.807, 2.05) is 40.6 Å². The Morgan fingerprint density at radius 1 is 1.02 bits per heavy atom. The Morgan fingerprint density at radius 2 is 1.73 bits per heavy atom. The first-order valence-corrected chi connectivity index (χ1v) is 14.9. The minimum Gasteiger partial charge on any atom is -0.481 e. The van der Waals surface area contributed by atoms with Gasteiger partial charge in [0, 0.05) is 0 Å². The quantitative estimate of drug-likeness (QED) is 0.219. The molecule has 3 N–H and O–H groups in total. The number of carboxylic acids is 1. The fourth-order valence-electron chi connectivity index (χ4n) is 4.24. The van der Waals surface area contributed by atoms with Crippen LogP contribution in [0.25, 0.3) is 0 Å². The van der Waals surface area contributed by atoms with Crippen LogP contribution in [0.2, 0.25) is 0 Å². The molecular weight excluding hydrogens is 554 g/mol. The Labute approximate surface area is 240 Å². The number of amides is 3. The molecule has 0 radical (unpaired) electrons. The van der Waals surface area contributed by atoms with Gasteiger partial charge in [0.1, 0.15) is 6.61 Å². The number of unbranched alkanes of at least 4 members (excludes halogenated alkanes) is 1. The van der Waals surface area contributed by atoms with E-state index in [1.54, 1.807) is 45.8 Å². The largest absolute Gasteiger partial charge is 0.481 e. The second-order valence-corrected chi connectivity index (χ2v) is 11.0. The number of aliphatic carboxylic acids is 1. The van der Waals surface area contributed by atoms with Gasteiger partial charge in [-0.15, -0.1) is 0 Å². The van der Waals surface area contributed by atoms with Crippen molar-refractivity contribution in [2.75, 3.05) is 13.4 Å². The van der Waals surface area contributed by atoms with Crippen molar-refractivity contribution < 1.29 is 33.7 Å². The smallest absolute Gasteiger partial charge is 0.410 e. The minimum atomic E-state index is -1.06. The van der Waals surface area contributed by atoms with Crippen molar-refractivity contribution in [2.45, 2.75) is 57.8 Å². The standard InChI is InChI=1S/C28H33N3O7S2/c1-2-3-4-22(15-36-28(35)31(13-19-7-9-39-16-19)14-20-8-10-40-17-20)29-27(34)30-23(12-26(32)33)21-5-6-24-25(11-21)38-18-37-24/h5-11,16-17,22-23H,2-4,12-15,18H2,1H3,(H,32,33)(H2,29,30,34). The van der Waals surface area contributed by atoms with E-state index in [-0.39, 0.29) is 19.8 Å². The molecule has 0 saturated carbocycles. The van der Waals surface area contributed by atoms with Gasteiger partial charge in [-0.3, -0.25) is 9.69 Å². The van der Waals surface area contributed by atoms with Crippen LogP contribution in [0.3, 0.4) is 0 Å². The van der Waals surface area contributed by atoms with Crippen LogP contribution in [0.15, 0.2) is 51.9 Å². The van der Waals surface area contributed by atoms with E-state index in [9.17, 15) is 19.5 Å². The van der Waals surface area contributed by atoms with Crippen LogP contribution in [0.1, 0.15) is 55.3 Å². The van der Waals surface area contributed by atoms with Crippen molar-refractivity contribution in [3.05, 3.63) is 68.5 Å². The molecule has 2 aromatic heterocycles. The molecule has 12 heteroatoms. The highest BCUT2D eigenvalue weighted by Gasteiger charge is 2.24. The number of benzene rings is 1. The lowest BCUT2D eigenvalue weighted by molar-refractivity contribution is -0.137. The van der Waals surface area contributed by atoms with E-state index in [4.69, 9.17) is 14.2 Å². The molecule has 3 amide bonds. The summed E-state index contributed by atoms with van der Waals surface area (Å²) in [7, 11) is 0. The highest BCUT2D eigenvalue weighted by molar-refractivity contribution is 7.08. The van der Waals surface area contributed by atoms with E-state index in [0.29, 0.717) is 36.6 Å². The van der Waals surface area contributed by atoms with Gasteiger partial charge in [-0.05, 0) is 68.9 Å². The summed E-state index contributed by atoms with van der Waals surface area (Å²) in [6.07, 6.45) is 1.53. The summed E-state index contributed by atoms with van der Waals surface area (Å²) in [5.74, 6) is 0.00353. The Hall–Kier alpha value is -3.77. The number of rotatable bonds is 14. The molecule has 40 heavy (non-hydrogen) atoms. The average molecular weight is 588 g/mol. The second-order valence-electron chi connectivity index (χ2n) is 9.42. The van der Waals surface area contributed by atoms with E-state index in [2.05, 4.69) is 10.6 Å². The molecule has 2 unspecified atom stereocenters. The monoisotopic (exact) mass is 587 g/mol. The molecule has 3 aromatic rings. The normalized spacial score (nSPS) is 13.3. The number of ether oxygens (including phenoxy) is 3. The zero-order valence-electron chi connectivity index (χ0n) is 22.2. The number of hydrogen-bond donors (Lipinski definition) is 3. The Balaban J connectivity index is 1.38. The maximum absolute atomic E-state index is 13.1. The second kappa shape index (κ2) is 14.6. The van der Waals surface area contributed by atoms with Gasteiger partial charge in [-0.25, -0.2) is 9.59 Å². The summed E-state index contributed by atoms with van der Waals surface area (Å²) in [6, 6.07) is 7.21. The molecule has 0 spiro atoms. The van der Waals surface area contributed by atoms with Gasteiger partial charge in [0.05, 0.1) is 31.6 Å². The van der Waals surface area contributed by atoms with E-state index < -0.39 is 30.2 Å². The lowest BCUT2D eigenvalue weighted by Gasteiger charge is -2.25. The summed E-state index contributed by atoms with van der Waals surface area (Å²) < 4.78 is 16.4. The molecule has 4 rings (SSSR count). The first-order valence-electron chi connectivity index (χ1n) is 13.0. The third-order valence-electron chi connectivity index (χ3n) is 6.30. The third kappa shape index (κ3) is 8.62. The Morgan fingerprint density at radius 3 is 2.35 bits per heavy atom. The number of hydrogen-bond acceptors (Lipinski definition) is 8. The van der Waals surface area contributed by atoms with Crippen LogP contribution < -0.4 is 20.1 Å². The number of nitrogens with zero attached hydrogens (tertiary/aromatic N) is 1. The van der Waals surface area contributed by atoms with Crippen LogP contribution >= 0.6 is 22.7 Å². The summed E-state index contributed by atoms with van der Waals surface area (Å²) in [6.45, 7) is 2.95. The topological polar surface area (TPSA) is 126 Å². The lowest BCUT2D eigenvalue weighted by atomic mass is 10.0. The summed E-state index contributed by atoms with van der Waals surface area (Å²) in [5, 5.41) is 23.0. The number of carboxylic acid groups (broad SMARTS) is 1. The zero-order chi connectivity index (χ0) is 28.3. The molecule has 0 saturated heterocycles. The summed E-state index contributed by atoms with van der Waals surface area (Å²) in [5.41, 5.74) is 2.62.